The summed E-state index contributed by atoms with van der Waals surface area (Å²) in [6, 6.07) is 0.760. The van der Waals surface area contributed by atoms with Crippen molar-refractivity contribution >= 4 is 0 Å². The van der Waals surface area contributed by atoms with Gasteiger partial charge in [0.05, 0.1) is 0 Å². The predicted molar refractivity (Wildman–Crippen MR) is 62.0 cm³/mol. The van der Waals surface area contributed by atoms with Gasteiger partial charge in [-0.15, -0.1) is 12.3 Å². The van der Waals surface area contributed by atoms with Crippen LogP contribution in [0.2, 0.25) is 0 Å². The Labute approximate surface area is 88.7 Å². The molecule has 0 radical (unpaired) electrons. The van der Waals surface area contributed by atoms with Gasteiger partial charge in [0.2, 0.25) is 0 Å². The van der Waals surface area contributed by atoms with Crippen LogP contribution in [0, 0.1) is 24.2 Å². The number of nitrogens with one attached hydrogen (secondary N) is 1. The van der Waals surface area contributed by atoms with E-state index in [9.17, 15) is 0 Å². The van der Waals surface area contributed by atoms with Crippen LogP contribution in [0.3, 0.4) is 0 Å². The van der Waals surface area contributed by atoms with Crippen molar-refractivity contribution in [2.45, 2.75) is 52.0 Å². The minimum Gasteiger partial charge on any atom is -0.314 e. The summed E-state index contributed by atoms with van der Waals surface area (Å²) in [4.78, 5) is 0. The van der Waals surface area contributed by atoms with Gasteiger partial charge in [0.1, 0.15) is 0 Å². The first-order chi connectivity index (χ1) is 6.79. The van der Waals surface area contributed by atoms with Gasteiger partial charge < -0.3 is 5.32 Å². The summed E-state index contributed by atoms with van der Waals surface area (Å²) in [5.41, 5.74) is 0. The average molecular weight is 193 g/mol. The van der Waals surface area contributed by atoms with Gasteiger partial charge in [-0.2, -0.15) is 0 Å². The SMILES string of the molecule is C#CCCCC1CCC(NCC)C1C. The lowest BCUT2D eigenvalue weighted by Gasteiger charge is -2.21. The van der Waals surface area contributed by atoms with Crippen LogP contribution in [0.1, 0.15) is 46.0 Å². The van der Waals surface area contributed by atoms with E-state index in [4.69, 9.17) is 6.42 Å². The third kappa shape index (κ3) is 3.03. The topological polar surface area (TPSA) is 12.0 Å². The number of rotatable bonds is 5. The highest BCUT2D eigenvalue weighted by Crippen LogP contribution is 2.35. The van der Waals surface area contributed by atoms with Crippen molar-refractivity contribution in [1.29, 1.82) is 0 Å². The van der Waals surface area contributed by atoms with E-state index in [0.717, 1.165) is 30.8 Å². The smallest absolute Gasteiger partial charge is 0.00953 e. The van der Waals surface area contributed by atoms with E-state index in [1.165, 1.54) is 25.7 Å². The van der Waals surface area contributed by atoms with Crippen LogP contribution >= 0.6 is 0 Å². The van der Waals surface area contributed by atoms with Gasteiger partial charge >= 0.3 is 0 Å². The molecule has 0 aromatic rings. The Bertz CT molecular complexity index is 192. The normalized spacial score (nSPS) is 31.6. The lowest BCUT2D eigenvalue weighted by molar-refractivity contribution is 0.336. The number of terminal acetylenes is 1. The molecule has 0 amide bonds. The van der Waals surface area contributed by atoms with E-state index in [-0.39, 0.29) is 0 Å². The first kappa shape index (κ1) is 11.6. The van der Waals surface area contributed by atoms with E-state index in [1.54, 1.807) is 0 Å². The zero-order valence-corrected chi connectivity index (χ0v) is 9.55. The van der Waals surface area contributed by atoms with Gasteiger partial charge in [-0.05, 0) is 44.1 Å². The second kappa shape index (κ2) is 6.09. The fourth-order valence-corrected chi connectivity index (χ4v) is 2.67. The number of hydrogen-bond acceptors (Lipinski definition) is 1. The third-order valence-corrected chi connectivity index (χ3v) is 3.59. The molecule has 0 spiro atoms. The second-order valence-electron chi connectivity index (χ2n) is 4.46. The monoisotopic (exact) mass is 193 g/mol. The van der Waals surface area contributed by atoms with Gasteiger partial charge in [-0.25, -0.2) is 0 Å². The van der Waals surface area contributed by atoms with Crippen LogP contribution in [0.4, 0.5) is 0 Å². The summed E-state index contributed by atoms with van der Waals surface area (Å²) in [5.74, 6) is 4.48. The molecule has 1 aliphatic rings. The van der Waals surface area contributed by atoms with E-state index in [0.29, 0.717) is 0 Å². The Morgan fingerprint density at radius 2 is 2.21 bits per heavy atom. The fourth-order valence-electron chi connectivity index (χ4n) is 2.67. The van der Waals surface area contributed by atoms with Crippen molar-refractivity contribution in [3.05, 3.63) is 0 Å². The number of hydrogen-bond donors (Lipinski definition) is 1. The maximum Gasteiger partial charge on any atom is 0.00953 e. The van der Waals surface area contributed by atoms with Gasteiger partial charge in [0.15, 0.2) is 0 Å². The van der Waals surface area contributed by atoms with Crippen LogP contribution in [0.25, 0.3) is 0 Å². The molecular formula is C13H23N. The molecule has 1 rings (SSSR count). The first-order valence-electron chi connectivity index (χ1n) is 5.96. The first-order valence-corrected chi connectivity index (χ1v) is 5.96. The van der Waals surface area contributed by atoms with E-state index in [1.807, 2.05) is 0 Å². The van der Waals surface area contributed by atoms with Crippen LogP contribution in [-0.2, 0) is 0 Å². The van der Waals surface area contributed by atoms with Crippen LogP contribution < -0.4 is 5.32 Å². The van der Waals surface area contributed by atoms with Crippen LogP contribution in [-0.4, -0.2) is 12.6 Å². The Hall–Kier alpha value is -0.480. The lowest BCUT2D eigenvalue weighted by Crippen LogP contribution is -2.32. The summed E-state index contributed by atoms with van der Waals surface area (Å²) >= 11 is 0. The molecule has 1 aliphatic carbocycles. The molecule has 1 heteroatoms. The largest absolute Gasteiger partial charge is 0.314 e. The molecule has 0 aromatic carbocycles. The molecule has 0 heterocycles. The van der Waals surface area contributed by atoms with Gasteiger partial charge in [0, 0.05) is 12.5 Å². The van der Waals surface area contributed by atoms with Crippen molar-refractivity contribution in [3.63, 3.8) is 0 Å². The average Bonchev–Trinajstić information content (AvgIpc) is 2.51. The highest BCUT2D eigenvalue weighted by atomic mass is 14.9. The second-order valence-corrected chi connectivity index (χ2v) is 4.46. The maximum atomic E-state index is 5.26. The molecule has 3 atom stereocenters. The Balaban J connectivity index is 2.25. The molecule has 80 valence electrons. The number of unbranched alkanes of at least 4 members (excludes halogenated alkanes) is 1. The fraction of sp³-hybridized carbons (Fsp3) is 0.846. The molecule has 1 fully saturated rings. The van der Waals surface area contributed by atoms with Gasteiger partial charge in [0.25, 0.3) is 0 Å². The quantitative estimate of drug-likeness (QED) is 0.523. The summed E-state index contributed by atoms with van der Waals surface area (Å²) < 4.78 is 0. The van der Waals surface area contributed by atoms with Gasteiger partial charge in [-0.1, -0.05) is 13.8 Å². The Morgan fingerprint density at radius 1 is 1.43 bits per heavy atom. The standard InChI is InChI=1S/C13H23N/c1-4-6-7-8-12-9-10-13(11(12)3)14-5-2/h1,11-14H,5-10H2,2-3H3. The summed E-state index contributed by atoms with van der Waals surface area (Å²) in [7, 11) is 0. The Morgan fingerprint density at radius 3 is 2.86 bits per heavy atom. The minimum absolute atomic E-state index is 0.760. The van der Waals surface area contributed by atoms with Gasteiger partial charge in [-0.3, -0.25) is 0 Å². The molecule has 0 bridgehead atoms. The molecule has 1 nitrogen and oxygen atoms in total. The zero-order valence-electron chi connectivity index (χ0n) is 9.55. The highest BCUT2D eigenvalue weighted by Gasteiger charge is 2.31. The zero-order chi connectivity index (χ0) is 10.4. The minimum atomic E-state index is 0.760. The lowest BCUT2D eigenvalue weighted by atomic mass is 9.91. The predicted octanol–water partition coefficient (Wildman–Crippen LogP) is 2.81. The maximum absolute atomic E-state index is 5.26. The molecule has 0 aromatic heterocycles. The molecule has 14 heavy (non-hydrogen) atoms. The molecule has 1 saturated carbocycles. The highest BCUT2D eigenvalue weighted by molar-refractivity contribution is 4.88. The van der Waals surface area contributed by atoms with Crippen molar-refractivity contribution < 1.29 is 0 Å². The Kier molecular flexibility index (Phi) is 5.04. The molecule has 0 aliphatic heterocycles. The van der Waals surface area contributed by atoms with Crippen molar-refractivity contribution in [2.75, 3.05) is 6.54 Å². The molecule has 3 unspecified atom stereocenters. The van der Waals surface area contributed by atoms with E-state index in [2.05, 4.69) is 25.1 Å². The third-order valence-electron chi connectivity index (χ3n) is 3.59. The summed E-state index contributed by atoms with van der Waals surface area (Å²) in [5, 5.41) is 3.57. The molecule has 1 N–H and O–H groups in total. The van der Waals surface area contributed by atoms with Crippen LogP contribution in [0.5, 0.6) is 0 Å². The van der Waals surface area contributed by atoms with E-state index < -0.39 is 0 Å². The van der Waals surface area contributed by atoms with E-state index >= 15 is 0 Å². The summed E-state index contributed by atoms with van der Waals surface area (Å²) in [6.07, 6.45) is 11.5. The molecular weight excluding hydrogens is 170 g/mol. The van der Waals surface area contributed by atoms with Crippen molar-refractivity contribution in [1.82, 2.24) is 5.32 Å². The summed E-state index contributed by atoms with van der Waals surface area (Å²) in [6.45, 7) is 5.69. The van der Waals surface area contributed by atoms with Crippen LogP contribution in [0.15, 0.2) is 0 Å². The molecule has 0 saturated heterocycles. The van der Waals surface area contributed by atoms with Crippen molar-refractivity contribution in [3.8, 4) is 12.3 Å². The van der Waals surface area contributed by atoms with Crippen molar-refractivity contribution in [2.24, 2.45) is 11.8 Å².